The van der Waals surface area contributed by atoms with E-state index in [-0.39, 0.29) is 24.3 Å². The number of hydrogen-bond acceptors (Lipinski definition) is 6. The van der Waals surface area contributed by atoms with Gasteiger partial charge in [-0.2, -0.15) is 0 Å². The molecule has 6 nitrogen and oxygen atoms in total. The minimum absolute atomic E-state index is 0.0210. The Balaban J connectivity index is 1.38. The first kappa shape index (κ1) is 29.1. The number of aromatic nitrogens is 1. The van der Waals surface area contributed by atoms with E-state index in [2.05, 4.69) is 9.88 Å². The highest BCUT2D eigenvalue weighted by molar-refractivity contribution is 7.99. The molecule has 1 aliphatic heterocycles. The zero-order valence-corrected chi connectivity index (χ0v) is 22.4. The number of ether oxygens (including phenoxy) is 1. The van der Waals surface area contributed by atoms with Gasteiger partial charge in [-0.3, -0.25) is 9.78 Å². The molecule has 1 aliphatic rings. The van der Waals surface area contributed by atoms with E-state index in [1.165, 1.54) is 18.9 Å². The normalized spacial score (nSPS) is 16.4. The fourth-order valence-corrected chi connectivity index (χ4v) is 6.08. The molecule has 0 unspecified atom stereocenters. The van der Waals surface area contributed by atoms with Crippen molar-refractivity contribution in [1.29, 1.82) is 0 Å². The fourth-order valence-electron chi connectivity index (χ4n) is 5.12. The van der Waals surface area contributed by atoms with Gasteiger partial charge >= 0.3 is 5.97 Å². The van der Waals surface area contributed by atoms with E-state index in [9.17, 15) is 23.1 Å². The Bertz CT molecular complexity index is 1310. The fraction of sp³-hybridized carbons (Fsp3) is 0.429. The highest BCUT2D eigenvalue weighted by Crippen LogP contribution is 2.41. The summed E-state index contributed by atoms with van der Waals surface area (Å²) in [6.07, 6.45) is 1.03. The quantitative estimate of drug-likeness (QED) is 0.171. The van der Waals surface area contributed by atoms with Gasteiger partial charge < -0.3 is 20.5 Å². The van der Waals surface area contributed by atoms with E-state index >= 15 is 4.39 Å². The maximum Gasteiger partial charge on any atom is 0.309 e. The predicted molar refractivity (Wildman–Crippen MR) is 142 cm³/mol. The number of piperidine rings is 1. The number of rotatable bonds is 11. The minimum Gasteiger partial charge on any atom is -0.497 e. The van der Waals surface area contributed by atoms with Gasteiger partial charge in [0.05, 0.1) is 18.0 Å². The van der Waals surface area contributed by atoms with Crippen molar-refractivity contribution in [3.63, 3.8) is 0 Å². The van der Waals surface area contributed by atoms with Gasteiger partial charge in [-0.05, 0) is 74.7 Å². The first-order valence-electron chi connectivity index (χ1n) is 12.7. The number of alkyl halides is 1. The van der Waals surface area contributed by atoms with Crippen LogP contribution in [0.4, 0.5) is 17.6 Å². The lowest BCUT2D eigenvalue weighted by atomic mass is 9.74. The molecule has 0 radical (unpaired) electrons. The summed E-state index contributed by atoms with van der Waals surface area (Å²) in [6, 6.07) is 7.14. The molecule has 0 bridgehead atoms. The SMILES string of the molecule is COc1ccc2ncc(CN)c([C@@H](F)CCC3(C(=O)O)CCN(CCSc4cc(F)c(F)c(F)c4)CC3)c2c1. The average molecular weight is 566 g/mol. The van der Waals surface area contributed by atoms with Crippen molar-refractivity contribution in [2.24, 2.45) is 11.1 Å². The van der Waals surface area contributed by atoms with Crippen molar-refractivity contribution in [1.82, 2.24) is 9.88 Å². The van der Waals surface area contributed by atoms with E-state index in [4.69, 9.17) is 10.5 Å². The van der Waals surface area contributed by atoms with Crippen molar-refractivity contribution >= 4 is 28.6 Å². The van der Waals surface area contributed by atoms with Crippen LogP contribution in [-0.4, -0.2) is 53.5 Å². The number of nitrogens with zero attached hydrogens (tertiary/aromatic N) is 2. The monoisotopic (exact) mass is 565 g/mol. The molecule has 39 heavy (non-hydrogen) atoms. The number of fused-ring (bicyclic) bond motifs is 1. The van der Waals surface area contributed by atoms with Gasteiger partial charge in [-0.1, -0.05) is 0 Å². The second-order valence-corrected chi connectivity index (χ2v) is 10.9. The summed E-state index contributed by atoms with van der Waals surface area (Å²) in [7, 11) is 1.53. The lowest BCUT2D eigenvalue weighted by molar-refractivity contribution is -0.153. The predicted octanol–water partition coefficient (Wildman–Crippen LogP) is 5.87. The smallest absolute Gasteiger partial charge is 0.309 e. The van der Waals surface area contributed by atoms with Crippen LogP contribution in [-0.2, 0) is 11.3 Å². The molecule has 1 saturated heterocycles. The number of methoxy groups -OCH3 is 1. The van der Waals surface area contributed by atoms with E-state index in [1.807, 2.05) is 0 Å². The molecule has 1 fully saturated rings. The molecule has 1 aromatic heterocycles. The number of aliphatic carboxylic acids is 1. The van der Waals surface area contributed by atoms with Crippen LogP contribution >= 0.6 is 11.8 Å². The van der Waals surface area contributed by atoms with Crippen LogP contribution in [0, 0.1) is 22.9 Å². The maximum atomic E-state index is 15.8. The zero-order valence-electron chi connectivity index (χ0n) is 21.6. The highest BCUT2D eigenvalue weighted by Gasteiger charge is 2.41. The van der Waals surface area contributed by atoms with Crippen molar-refractivity contribution < 1.29 is 32.2 Å². The second kappa shape index (κ2) is 12.5. The first-order valence-corrected chi connectivity index (χ1v) is 13.7. The molecule has 2 aromatic carbocycles. The molecular formula is C28H31F4N3O3S. The summed E-state index contributed by atoms with van der Waals surface area (Å²) in [6.45, 7) is 1.67. The number of hydrogen-bond donors (Lipinski definition) is 2. The van der Waals surface area contributed by atoms with Gasteiger partial charge in [0.1, 0.15) is 11.9 Å². The van der Waals surface area contributed by atoms with Crippen molar-refractivity contribution in [2.75, 3.05) is 32.5 Å². The van der Waals surface area contributed by atoms with Crippen molar-refractivity contribution in [3.05, 3.63) is 65.1 Å². The molecule has 0 spiro atoms. The summed E-state index contributed by atoms with van der Waals surface area (Å²) >= 11 is 1.20. The van der Waals surface area contributed by atoms with Gasteiger partial charge in [0.15, 0.2) is 17.5 Å². The van der Waals surface area contributed by atoms with Gasteiger partial charge in [0.2, 0.25) is 0 Å². The molecule has 0 aliphatic carbocycles. The Morgan fingerprint density at radius 3 is 2.51 bits per heavy atom. The largest absolute Gasteiger partial charge is 0.497 e. The number of benzene rings is 2. The minimum atomic E-state index is -1.49. The average Bonchev–Trinajstić information content (AvgIpc) is 2.94. The number of carbonyl (C=O) groups is 1. The van der Waals surface area contributed by atoms with Crippen LogP contribution in [0.3, 0.4) is 0 Å². The highest BCUT2D eigenvalue weighted by atomic mass is 32.2. The van der Waals surface area contributed by atoms with E-state index in [1.54, 1.807) is 24.4 Å². The van der Waals surface area contributed by atoms with E-state index < -0.39 is 35.0 Å². The van der Waals surface area contributed by atoms with Crippen LogP contribution in [0.25, 0.3) is 10.9 Å². The summed E-state index contributed by atoms with van der Waals surface area (Å²) in [5.41, 5.74) is 6.43. The molecule has 11 heteroatoms. The van der Waals surface area contributed by atoms with Gasteiger partial charge in [-0.25, -0.2) is 17.6 Å². The number of carboxylic acids is 1. The molecule has 0 saturated carbocycles. The molecule has 1 atom stereocenters. The van der Waals surface area contributed by atoms with Crippen molar-refractivity contribution in [2.45, 2.75) is 43.3 Å². The summed E-state index contributed by atoms with van der Waals surface area (Å²) in [5, 5.41) is 10.7. The number of thioether (sulfide) groups is 1. The standard InChI is InChI=1S/C28H31F4N3O3S/c1-38-18-2-3-24-20(12-18)25(17(15-33)16-34-24)21(29)4-5-28(27(36)37)6-8-35(9-7-28)10-11-39-19-13-22(30)26(32)23(31)14-19/h2-3,12-14,16,21H,4-11,15,33H2,1H3,(H,36,37)/t21-/m0/s1. The van der Waals surface area contributed by atoms with Crippen LogP contribution in [0.5, 0.6) is 5.75 Å². The number of likely N-dealkylation sites (tertiary alicyclic amines) is 1. The Hall–Kier alpha value is -2.89. The topological polar surface area (TPSA) is 88.7 Å². The Morgan fingerprint density at radius 1 is 1.21 bits per heavy atom. The molecule has 4 rings (SSSR count). The Labute approximate surface area is 228 Å². The maximum absolute atomic E-state index is 15.8. The lowest BCUT2D eigenvalue weighted by Crippen LogP contribution is -2.45. The summed E-state index contributed by atoms with van der Waals surface area (Å²) < 4.78 is 61.1. The van der Waals surface area contributed by atoms with Crippen LogP contribution in [0.2, 0.25) is 0 Å². The van der Waals surface area contributed by atoms with Gasteiger partial charge in [0, 0.05) is 40.9 Å². The number of carboxylic acid groups (broad SMARTS) is 1. The van der Waals surface area contributed by atoms with Crippen LogP contribution in [0.1, 0.15) is 43.0 Å². The second-order valence-electron chi connectivity index (χ2n) is 9.77. The van der Waals surface area contributed by atoms with Crippen LogP contribution in [0.15, 0.2) is 41.4 Å². The molecule has 0 amide bonds. The van der Waals surface area contributed by atoms with E-state index in [0.717, 1.165) is 12.1 Å². The number of pyridine rings is 1. The third kappa shape index (κ3) is 6.47. The lowest BCUT2D eigenvalue weighted by Gasteiger charge is -2.39. The summed E-state index contributed by atoms with van der Waals surface area (Å²) in [5.74, 6) is -3.84. The molecule has 3 aromatic rings. The molecular weight excluding hydrogens is 534 g/mol. The Kier molecular flexibility index (Phi) is 9.35. The molecule has 3 N–H and O–H groups in total. The zero-order chi connectivity index (χ0) is 28.2. The third-order valence-electron chi connectivity index (χ3n) is 7.51. The van der Waals surface area contributed by atoms with E-state index in [0.29, 0.717) is 66.0 Å². The molecule has 2 heterocycles. The van der Waals surface area contributed by atoms with Gasteiger partial charge in [-0.15, -0.1) is 11.8 Å². The van der Waals surface area contributed by atoms with Crippen LogP contribution < -0.4 is 10.5 Å². The van der Waals surface area contributed by atoms with Crippen molar-refractivity contribution in [3.8, 4) is 5.75 Å². The van der Waals surface area contributed by atoms with Gasteiger partial charge in [0.25, 0.3) is 0 Å². The third-order valence-corrected chi connectivity index (χ3v) is 8.46. The Morgan fingerprint density at radius 2 is 1.90 bits per heavy atom. The number of halogens is 4. The molecule has 210 valence electrons. The summed E-state index contributed by atoms with van der Waals surface area (Å²) in [4.78, 5) is 19.1. The first-order chi connectivity index (χ1) is 18.7. The number of nitrogens with two attached hydrogens (primary N) is 1.